The van der Waals surface area contributed by atoms with E-state index in [0.717, 1.165) is 12.1 Å². The summed E-state index contributed by atoms with van der Waals surface area (Å²) in [7, 11) is 0. The second-order valence-corrected chi connectivity index (χ2v) is 4.67. The summed E-state index contributed by atoms with van der Waals surface area (Å²) < 4.78 is 0. The molecule has 0 atom stereocenters. The zero-order valence-electron chi connectivity index (χ0n) is 10.6. The van der Waals surface area contributed by atoms with Crippen molar-refractivity contribution in [3.05, 3.63) is 29.8 Å². The van der Waals surface area contributed by atoms with Crippen LogP contribution >= 0.6 is 0 Å². The number of aryl methyl sites for hydroxylation is 1. The van der Waals surface area contributed by atoms with Gasteiger partial charge in [-0.15, -0.1) is 0 Å². The number of aliphatic hydroxyl groups excluding tert-OH is 1. The fraction of sp³-hybridized carbons (Fsp3) is 0.462. The van der Waals surface area contributed by atoms with Gasteiger partial charge in [0.15, 0.2) is 0 Å². The summed E-state index contributed by atoms with van der Waals surface area (Å²) in [6.07, 6.45) is 0.976. The van der Waals surface area contributed by atoms with Gasteiger partial charge in [0.1, 0.15) is 0 Å². The second-order valence-electron chi connectivity index (χ2n) is 4.67. The molecular weight excluding hydrogens is 216 g/mol. The fourth-order valence-corrected chi connectivity index (χ4v) is 1.33. The highest BCUT2D eigenvalue weighted by Crippen LogP contribution is 2.10. The summed E-state index contributed by atoms with van der Waals surface area (Å²) in [5.41, 5.74) is 1.35. The maximum absolute atomic E-state index is 11.6. The number of carbonyl (C=O) groups is 1. The topological polar surface area (TPSA) is 61.4 Å². The molecule has 1 aromatic rings. The van der Waals surface area contributed by atoms with Gasteiger partial charge in [-0.2, -0.15) is 0 Å². The van der Waals surface area contributed by atoms with Crippen LogP contribution in [0.2, 0.25) is 0 Å². The molecule has 0 fully saturated rings. The Morgan fingerprint density at radius 3 is 2.35 bits per heavy atom. The monoisotopic (exact) mass is 236 g/mol. The average Bonchev–Trinajstić information content (AvgIpc) is 2.29. The van der Waals surface area contributed by atoms with E-state index < -0.39 is 5.54 Å². The largest absolute Gasteiger partial charge is 0.394 e. The summed E-state index contributed by atoms with van der Waals surface area (Å²) in [5.74, 6) is 0. The number of benzene rings is 1. The molecule has 0 aromatic heterocycles. The lowest BCUT2D eigenvalue weighted by molar-refractivity contribution is 0.187. The summed E-state index contributed by atoms with van der Waals surface area (Å²) in [6.45, 7) is 5.49. The van der Waals surface area contributed by atoms with Crippen LogP contribution in [0, 0.1) is 0 Å². The minimum Gasteiger partial charge on any atom is -0.394 e. The van der Waals surface area contributed by atoms with Gasteiger partial charge in [0.25, 0.3) is 0 Å². The first-order valence-corrected chi connectivity index (χ1v) is 5.76. The molecule has 1 aromatic carbocycles. The third-order valence-corrected chi connectivity index (χ3v) is 2.47. The Labute approximate surface area is 102 Å². The zero-order chi connectivity index (χ0) is 12.9. The number of anilines is 1. The minimum atomic E-state index is -0.618. The highest BCUT2D eigenvalue weighted by atomic mass is 16.3. The smallest absolute Gasteiger partial charge is 0.319 e. The lowest BCUT2D eigenvalue weighted by Crippen LogP contribution is -2.48. The van der Waals surface area contributed by atoms with Crippen molar-refractivity contribution < 1.29 is 9.90 Å². The Morgan fingerprint density at radius 2 is 1.88 bits per heavy atom. The van der Waals surface area contributed by atoms with Gasteiger partial charge in [0, 0.05) is 5.69 Å². The molecular formula is C13H20N2O2. The van der Waals surface area contributed by atoms with E-state index in [2.05, 4.69) is 17.6 Å². The van der Waals surface area contributed by atoms with Crippen LogP contribution in [0.3, 0.4) is 0 Å². The van der Waals surface area contributed by atoms with Gasteiger partial charge in [0.2, 0.25) is 0 Å². The molecule has 0 aliphatic rings. The van der Waals surface area contributed by atoms with Gasteiger partial charge in [-0.05, 0) is 38.0 Å². The fourth-order valence-electron chi connectivity index (χ4n) is 1.33. The summed E-state index contributed by atoms with van der Waals surface area (Å²) in [5, 5.41) is 14.4. The molecule has 4 nitrogen and oxygen atoms in total. The van der Waals surface area contributed by atoms with E-state index in [1.165, 1.54) is 5.56 Å². The lowest BCUT2D eigenvalue weighted by Gasteiger charge is -2.23. The molecule has 0 spiro atoms. The molecule has 4 heteroatoms. The third kappa shape index (κ3) is 4.44. The van der Waals surface area contributed by atoms with Gasteiger partial charge in [-0.3, -0.25) is 0 Å². The van der Waals surface area contributed by atoms with E-state index in [1.807, 2.05) is 24.3 Å². The van der Waals surface area contributed by atoms with E-state index >= 15 is 0 Å². The standard InChI is InChI=1S/C13H20N2O2/c1-4-10-5-7-11(8-6-10)14-12(17)15-13(2,3)9-16/h5-8,16H,4,9H2,1-3H3,(H2,14,15,17). The Kier molecular flexibility index (Phi) is 4.52. The van der Waals surface area contributed by atoms with Crippen molar-refractivity contribution in [2.24, 2.45) is 0 Å². The minimum absolute atomic E-state index is 0.102. The van der Waals surface area contributed by atoms with Crippen LogP contribution in [0.1, 0.15) is 26.3 Å². The SMILES string of the molecule is CCc1ccc(NC(=O)NC(C)(C)CO)cc1. The predicted molar refractivity (Wildman–Crippen MR) is 69.1 cm³/mol. The molecule has 3 N–H and O–H groups in total. The second kappa shape index (κ2) is 5.68. The van der Waals surface area contributed by atoms with Crippen molar-refractivity contribution in [1.82, 2.24) is 5.32 Å². The molecule has 0 aliphatic carbocycles. The van der Waals surface area contributed by atoms with E-state index in [0.29, 0.717) is 0 Å². The number of amides is 2. The number of nitrogens with one attached hydrogen (secondary N) is 2. The number of rotatable bonds is 4. The van der Waals surface area contributed by atoms with Crippen molar-refractivity contribution in [3.63, 3.8) is 0 Å². The molecule has 0 unspecified atom stereocenters. The molecule has 0 saturated carbocycles. The summed E-state index contributed by atoms with van der Waals surface area (Å²) in [6, 6.07) is 7.38. The molecule has 2 amide bonds. The maximum atomic E-state index is 11.6. The molecule has 0 saturated heterocycles. The van der Waals surface area contributed by atoms with Crippen molar-refractivity contribution in [2.75, 3.05) is 11.9 Å². The van der Waals surface area contributed by atoms with Gasteiger partial charge in [0.05, 0.1) is 12.1 Å². The van der Waals surface area contributed by atoms with Gasteiger partial charge in [-0.25, -0.2) is 4.79 Å². The molecule has 94 valence electrons. The van der Waals surface area contributed by atoms with Crippen molar-refractivity contribution in [2.45, 2.75) is 32.7 Å². The molecule has 0 heterocycles. The Bertz CT molecular complexity index is 372. The van der Waals surface area contributed by atoms with Crippen LogP contribution in [0.25, 0.3) is 0 Å². The van der Waals surface area contributed by atoms with E-state index in [9.17, 15) is 4.79 Å². The first-order chi connectivity index (χ1) is 7.96. The first-order valence-electron chi connectivity index (χ1n) is 5.76. The Hall–Kier alpha value is -1.55. The molecule has 0 aliphatic heterocycles. The zero-order valence-corrected chi connectivity index (χ0v) is 10.6. The molecule has 1 rings (SSSR count). The van der Waals surface area contributed by atoms with Gasteiger partial charge >= 0.3 is 6.03 Å². The Morgan fingerprint density at radius 1 is 1.29 bits per heavy atom. The van der Waals surface area contributed by atoms with Crippen molar-refractivity contribution in [1.29, 1.82) is 0 Å². The van der Waals surface area contributed by atoms with Crippen LogP contribution in [-0.4, -0.2) is 23.3 Å². The van der Waals surface area contributed by atoms with Crippen LogP contribution in [-0.2, 0) is 6.42 Å². The van der Waals surface area contributed by atoms with Crippen LogP contribution in [0.4, 0.5) is 10.5 Å². The Balaban J connectivity index is 2.56. The number of urea groups is 1. The quantitative estimate of drug-likeness (QED) is 0.750. The molecule has 17 heavy (non-hydrogen) atoms. The first kappa shape index (κ1) is 13.5. The van der Waals surface area contributed by atoms with E-state index in [1.54, 1.807) is 13.8 Å². The van der Waals surface area contributed by atoms with Gasteiger partial charge in [-0.1, -0.05) is 19.1 Å². The normalized spacial score (nSPS) is 11.1. The number of hydrogen-bond acceptors (Lipinski definition) is 2. The number of hydrogen-bond donors (Lipinski definition) is 3. The lowest BCUT2D eigenvalue weighted by atomic mass is 10.1. The molecule has 0 bridgehead atoms. The van der Waals surface area contributed by atoms with Crippen LogP contribution < -0.4 is 10.6 Å². The van der Waals surface area contributed by atoms with Crippen LogP contribution in [0.5, 0.6) is 0 Å². The van der Waals surface area contributed by atoms with E-state index in [-0.39, 0.29) is 12.6 Å². The average molecular weight is 236 g/mol. The summed E-state index contributed by atoms with van der Waals surface area (Å²) in [4.78, 5) is 11.6. The van der Waals surface area contributed by atoms with Crippen molar-refractivity contribution in [3.8, 4) is 0 Å². The van der Waals surface area contributed by atoms with Crippen molar-refractivity contribution >= 4 is 11.7 Å². The number of carbonyl (C=O) groups excluding carboxylic acids is 1. The summed E-state index contributed by atoms with van der Waals surface area (Å²) >= 11 is 0. The third-order valence-electron chi connectivity index (χ3n) is 2.47. The highest BCUT2D eigenvalue weighted by molar-refractivity contribution is 5.89. The maximum Gasteiger partial charge on any atom is 0.319 e. The molecule has 0 radical (unpaired) electrons. The van der Waals surface area contributed by atoms with E-state index in [4.69, 9.17) is 5.11 Å². The highest BCUT2D eigenvalue weighted by Gasteiger charge is 2.18. The predicted octanol–water partition coefficient (Wildman–Crippen LogP) is 2.14. The van der Waals surface area contributed by atoms with Gasteiger partial charge < -0.3 is 15.7 Å². The van der Waals surface area contributed by atoms with Crippen LogP contribution in [0.15, 0.2) is 24.3 Å². The number of aliphatic hydroxyl groups is 1.